The molecule has 0 saturated carbocycles. The van der Waals surface area contributed by atoms with Crippen LogP contribution in [0.3, 0.4) is 0 Å². The standard InChI is InChI=1S/C75H85N13O29S/c1-87(2)39-17-20-42-52(27-39)117-53-28-40(88(3)4)18-21-43(53)64(42)41-19-16-38(26-44(41)73(113)114)65(104)77-25-9-7-10-45(74(115)116)80-67(106)47(30-59(94)95)82-69(108)49(32-61(98)99)84-71(110)51(34-63(102)103)85-70(109)50(33-62(100)101)83-68(107)48(31-60(96)97)81-66(105)46(29-58(92)93)79-56(90)11-6-5-8-24-76-55(89)22-23-57(91)86-75-78-35-54(118-75)36-12-14-37(15-13-36)72(111)112/h12-21,26-28,35,45-51H,5-11,22-25,29-34H2,1-4H3,(H18-,76,77,78,79,80,81,82,83,84,85,86,89,90,91,92,93,94,95,96,97,98,99,100,101,102,103,104,105,106,107,108,109,110,111,112,113,114,115,116)/p+1/t45-,46-,47-,48-,49-,50-,51-/m1/s1. The molecule has 19 N–H and O–H groups in total. The van der Waals surface area contributed by atoms with Crippen molar-refractivity contribution in [1.82, 2.24) is 57.4 Å². The van der Waals surface area contributed by atoms with Crippen LogP contribution in [0.15, 0.2) is 89.5 Å². The van der Waals surface area contributed by atoms with Crippen LogP contribution in [0, 0.1) is 0 Å². The topological polar surface area (TPSA) is 659 Å². The van der Waals surface area contributed by atoms with Crippen molar-refractivity contribution in [3.05, 3.63) is 107 Å². The lowest BCUT2D eigenvalue weighted by molar-refractivity contribution is -0.145. The molecule has 3 aromatic carbocycles. The molecule has 0 radical (unpaired) electrons. The first-order valence-corrected chi connectivity index (χ1v) is 36.9. The van der Waals surface area contributed by atoms with Gasteiger partial charge in [-0.3, -0.25) is 76.7 Å². The van der Waals surface area contributed by atoms with Gasteiger partial charge in [0.25, 0.3) is 5.91 Å². The van der Waals surface area contributed by atoms with Gasteiger partial charge < -0.3 is 108 Å². The number of hydrogen-bond donors (Lipinski definition) is 19. The molecular weight excluding hydrogens is 1580 g/mol. The molecule has 0 spiro atoms. The minimum absolute atomic E-state index is 0.0234. The van der Waals surface area contributed by atoms with Gasteiger partial charge in [0.2, 0.25) is 58.5 Å². The smallest absolute Gasteiger partial charge is 0.336 e. The Morgan fingerprint density at radius 2 is 0.907 bits per heavy atom. The van der Waals surface area contributed by atoms with E-state index >= 15 is 0 Å². The number of carboxylic acid groups (broad SMARTS) is 9. The first-order valence-electron chi connectivity index (χ1n) is 36.0. The fourth-order valence-corrected chi connectivity index (χ4v) is 12.4. The summed E-state index contributed by atoms with van der Waals surface area (Å²) >= 11 is 1.12. The molecule has 0 fully saturated rings. The zero-order valence-electron chi connectivity index (χ0n) is 63.6. The zero-order chi connectivity index (χ0) is 87.4. The number of carbonyl (C=O) groups excluding carboxylic acids is 10. The molecule has 4 aromatic rings. The maximum absolute atomic E-state index is 13.8. The number of benzene rings is 4. The molecule has 1 aromatic heterocycles. The van der Waals surface area contributed by atoms with Crippen molar-refractivity contribution in [1.29, 1.82) is 0 Å². The molecule has 6 rings (SSSR count). The quantitative estimate of drug-likeness (QED) is 0.0137. The van der Waals surface area contributed by atoms with Crippen LogP contribution < -0.4 is 68.0 Å². The zero-order valence-corrected chi connectivity index (χ0v) is 64.4. The number of aliphatic carboxylic acids is 7. The maximum atomic E-state index is 13.8. The number of carbonyl (C=O) groups is 19. The van der Waals surface area contributed by atoms with Crippen molar-refractivity contribution >= 4 is 146 Å². The summed E-state index contributed by atoms with van der Waals surface area (Å²) in [4.78, 5) is 249. The van der Waals surface area contributed by atoms with Crippen molar-refractivity contribution in [2.45, 2.75) is 139 Å². The van der Waals surface area contributed by atoms with E-state index in [1.807, 2.05) is 83.2 Å². The Balaban J connectivity index is 1.01. The molecule has 118 heavy (non-hydrogen) atoms. The largest absolute Gasteiger partial charge is 0.481 e. The van der Waals surface area contributed by atoms with Gasteiger partial charge in [-0.25, -0.2) is 23.9 Å². The molecule has 2 heterocycles. The molecule has 0 bridgehead atoms. The molecule has 0 unspecified atom stereocenters. The van der Waals surface area contributed by atoms with Crippen LogP contribution in [0.4, 0.5) is 10.8 Å². The van der Waals surface area contributed by atoms with E-state index in [0.717, 1.165) is 22.4 Å². The summed E-state index contributed by atoms with van der Waals surface area (Å²) in [7, 11) is 7.37. The predicted octanol–water partition coefficient (Wildman–Crippen LogP) is 0.144. The number of nitrogens with zero attached hydrogens (tertiary/aromatic N) is 3. The molecular formula is C75H86N13O29S+. The third-order valence-electron chi connectivity index (χ3n) is 17.6. The summed E-state index contributed by atoms with van der Waals surface area (Å²) in [5, 5.41) is 111. The Bertz CT molecular complexity index is 4900. The van der Waals surface area contributed by atoms with E-state index in [1.54, 1.807) is 34.9 Å². The van der Waals surface area contributed by atoms with Crippen LogP contribution in [-0.4, -0.2) is 247 Å². The molecule has 7 atom stereocenters. The fraction of sp³-hybridized carbons (Fsp3) is 0.373. The molecule has 1 aliphatic heterocycles. The molecule has 630 valence electrons. The van der Waals surface area contributed by atoms with Crippen molar-refractivity contribution < 1.29 is 141 Å². The third kappa shape index (κ3) is 28.7. The Labute approximate surface area is 672 Å². The van der Waals surface area contributed by atoms with E-state index in [2.05, 4.69) is 26.3 Å². The number of anilines is 2. The normalized spacial score (nSPS) is 12.7. The van der Waals surface area contributed by atoms with Crippen molar-refractivity contribution in [3.63, 3.8) is 0 Å². The molecule has 1 aliphatic carbocycles. The number of carboxylic acids is 9. The van der Waals surface area contributed by atoms with Gasteiger partial charge in [-0.05, 0) is 85.7 Å². The number of hydrogen-bond acceptors (Lipinski definition) is 23. The average Bonchev–Trinajstić information content (AvgIpc) is 0.881. The highest BCUT2D eigenvalue weighted by molar-refractivity contribution is 7.19. The van der Waals surface area contributed by atoms with Gasteiger partial charge in [-0.15, -0.1) is 0 Å². The SMILES string of the molecule is CN(C)c1ccc2c(-c3ccc(C(=O)NCCCC[C@@H](NC(=O)[C@@H](CC(=O)O)NC(=O)[C@@H](CC(=O)O)NC(=O)[C@@H](CC(=O)O)NC(=O)[C@@H](CC(=O)O)NC(=O)[C@@H](CC(=O)O)NC(=O)[C@@H](CC(=O)O)NC(=O)CCCCCNC(=O)CCC(=O)Nc4ncc(-c5ccc(C(=O)O)cc5)s4)C(=O)O)cc3C(=O)O)c3ccc(=[N+](C)C)cc-3oc2c1. The second kappa shape index (κ2) is 43.8. The van der Waals surface area contributed by atoms with Crippen molar-refractivity contribution in [3.8, 4) is 32.9 Å². The number of fused-ring (bicyclic) bond motifs is 2. The van der Waals surface area contributed by atoms with Gasteiger partial charge in [0.1, 0.15) is 67.7 Å². The van der Waals surface area contributed by atoms with E-state index in [-0.39, 0.29) is 91.8 Å². The lowest BCUT2D eigenvalue weighted by atomic mass is 9.89. The number of aromatic carboxylic acids is 2. The highest BCUT2D eigenvalue weighted by Gasteiger charge is 2.38. The van der Waals surface area contributed by atoms with Crippen molar-refractivity contribution in [2.24, 2.45) is 0 Å². The van der Waals surface area contributed by atoms with Gasteiger partial charge in [0, 0.05) is 92.5 Å². The molecule has 2 aliphatic rings. The van der Waals surface area contributed by atoms with Crippen LogP contribution in [-0.2, 0) is 76.7 Å². The number of thiazole rings is 1. The van der Waals surface area contributed by atoms with Gasteiger partial charge in [0.05, 0.1) is 60.6 Å². The van der Waals surface area contributed by atoms with Crippen LogP contribution in [0.25, 0.3) is 43.9 Å². The number of amides is 10. The molecule has 42 nitrogen and oxygen atoms in total. The maximum Gasteiger partial charge on any atom is 0.336 e. The van der Waals surface area contributed by atoms with Gasteiger partial charge in [0.15, 0.2) is 5.13 Å². The van der Waals surface area contributed by atoms with E-state index in [4.69, 9.17) is 9.52 Å². The second-order valence-electron chi connectivity index (χ2n) is 27.0. The number of unbranched alkanes of at least 4 members (excludes halogenated alkanes) is 3. The highest BCUT2D eigenvalue weighted by Crippen LogP contribution is 2.42. The van der Waals surface area contributed by atoms with Crippen molar-refractivity contribution in [2.75, 3.05) is 51.5 Å². The molecule has 10 amide bonds. The Morgan fingerprint density at radius 1 is 0.449 bits per heavy atom. The Hall–Kier alpha value is -14.3. The summed E-state index contributed by atoms with van der Waals surface area (Å²) in [5.41, 5.74) is 3.05. The summed E-state index contributed by atoms with van der Waals surface area (Å²) in [5.74, 6) is -27.3. The van der Waals surface area contributed by atoms with Crippen LogP contribution in [0.2, 0.25) is 0 Å². The molecule has 0 saturated heterocycles. The Kier molecular flexibility index (Phi) is 34.4. The third-order valence-corrected chi connectivity index (χ3v) is 18.5. The van der Waals surface area contributed by atoms with Crippen LogP contribution >= 0.6 is 11.3 Å². The number of nitrogens with one attached hydrogen (secondary N) is 10. The van der Waals surface area contributed by atoms with Gasteiger partial charge in [-0.2, -0.15) is 0 Å². The summed E-state index contributed by atoms with van der Waals surface area (Å²) < 4.78 is 8.22. The fourth-order valence-electron chi connectivity index (χ4n) is 11.6. The van der Waals surface area contributed by atoms with E-state index in [1.165, 1.54) is 36.5 Å². The summed E-state index contributed by atoms with van der Waals surface area (Å²) in [6.45, 7) is -0.0482. The highest BCUT2D eigenvalue weighted by atomic mass is 32.1. The predicted molar refractivity (Wildman–Crippen MR) is 411 cm³/mol. The molecule has 43 heteroatoms. The minimum atomic E-state index is -2.46. The Morgan fingerprint density at radius 3 is 1.37 bits per heavy atom. The van der Waals surface area contributed by atoms with Gasteiger partial charge in [-0.1, -0.05) is 36.0 Å². The van der Waals surface area contributed by atoms with E-state index < -0.39 is 200 Å². The van der Waals surface area contributed by atoms with E-state index in [9.17, 15) is 132 Å². The summed E-state index contributed by atoms with van der Waals surface area (Å²) in [6, 6.07) is 5.20. The minimum Gasteiger partial charge on any atom is -0.481 e. The summed E-state index contributed by atoms with van der Waals surface area (Å²) in [6.07, 6.45) is -7.39. The van der Waals surface area contributed by atoms with Gasteiger partial charge >= 0.3 is 53.7 Å². The van der Waals surface area contributed by atoms with E-state index in [0.29, 0.717) is 38.3 Å². The monoisotopic (exact) mass is 1660 g/mol. The number of rotatable bonds is 47. The first-order chi connectivity index (χ1) is 55.7. The van der Waals surface area contributed by atoms with Crippen LogP contribution in [0.1, 0.15) is 127 Å². The van der Waals surface area contributed by atoms with Crippen LogP contribution in [0.5, 0.6) is 0 Å². The number of aromatic nitrogens is 1. The lowest BCUT2D eigenvalue weighted by Gasteiger charge is -2.26. The second-order valence-corrected chi connectivity index (χ2v) is 28.0. The first kappa shape index (κ1) is 92.6. The average molecular weight is 1670 g/mol. The lowest BCUT2D eigenvalue weighted by Crippen LogP contribution is -2.61.